The van der Waals surface area contributed by atoms with Gasteiger partial charge in [0.2, 0.25) is 0 Å². The van der Waals surface area contributed by atoms with Crippen LogP contribution in [-0.4, -0.2) is 12.2 Å². The normalized spacial score (nSPS) is 30.6. The molecule has 2 nitrogen and oxygen atoms in total. The second kappa shape index (κ2) is 5.27. The number of benzene rings is 1. The molecule has 0 aliphatic heterocycles. The molecule has 0 spiro atoms. The van der Waals surface area contributed by atoms with E-state index in [0.717, 1.165) is 10.0 Å². The maximum Gasteiger partial charge on any atom is 0.138 e. The van der Waals surface area contributed by atoms with E-state index in [1.165, 1.54) is 25.7 Å². The van der Waals surface area contributed by atoms with E-state index in [9.17, 15) is 5.11 Å². The smallest absolute Gasteiger partial charge is 0.138 e. The second-order valence-electron chi connectivity index (χ2n) is 5.64. The number of hydrogen-bond acceptors (Lipinski definition) is 2. The van der Waals surface area contributed by atoms with Crippen LogP contribution in [0.5, 0.6) is 5.75 Å². The predicted octanol–water partition coefficient (Wildman–Crippen LogP) is 4.58. The first kappa shape index (κ1) is 13.7. The van der Waals surface area contributed by atoms with Gasteiger partial charge in [-0.25, -0.2) is 0 Å². The zero-order valence-corrected chi connectivity index (χ0v) is 13.2. The Kier molecular flexibility index (Phi) is 3.80. The van der Waals surface area contributed by atoms with Crippen molar-refractivity contribution in [3.8, 4) is 5.75 Å². The van der Waals surface area contributed by atoms with Crippen molar-refractivity contribution in [2.45, 2.75) is 31.8 Å². The predicted molar refractivity (Wildman–Crippen MR) is 79.6 cm³/mol. The first-order valence-corrected chi connectivity index (χ1v) is 8.01. The van der Waals surface area contributed by atoms with Gasteiger partial charge in [-0.1, -0.05) is 24.4 Å². The fraction of sp³-hybridized carbons (Fsp3) is 0.600. The van der Waals surface area contributed by atoms with E-state index in [4.69, 9.17) is 16.3 Å². The van der Waals surface area contributed by atoms with Gasteiger partial charge >= 0.3 is 0 Å². The summed E-state index contributed by atoms with van der Waals surface area (Å²) < 4.78 is 6.22. The van der Waals surface area contributed by atoms with E-state index >= 15 is 0 Å². The summed E-state index contributed by atoms with van der Waals surface area (Å²) in [5, 5.41) is 11.3. The number of ether oxygens (including phenoxy) is 1. The lowest BCUT2D eigenvalue weighted by atomic mass is 10.0. The zero-order valence-electron chi connectivity index (χ0n) is 10.9. The van der Waals surface area contributed by atoms with Gasteiger partial charge in [0.25, 0.3) is 0 Å². The molecule has 1 N–H and O–H groups in total. The summed E-state index contributed by atoms with van der Waals surface area (Å²) in [6.07, 6.45) is 4.67. The summed E-state index contributed by atoms with van der Waals surface area (Å²) in [4.78, 5) is 0. The Hall–Kier alpha value is -0.250. The molecule has 0 aromatic heterocycles. The van der Waals surface area contributed by atoms with Gasteiger partial charge in [-0.05, 0) is 58.7 Å². The van der Waals surface area contributed by atoms with Gasteiger partial charge in [-0.15, -0.1) is 0 Å². The third-order valence-corrected chi connectivity index (χ3v) is 5.45. The van der Waals surface area contributed by atoms with Crippen LogP contribution in [0.15, 0.2) is 16.6 Å². The van der Waals surface area contributed by atoms with Gasteiger partial charge in [0, 0.05) is 10.6 Å². The van der Waals surface area contributed by atoms with Gasteiger partial charge in [-0.3, -0.25) is 0 Å². The molecule has 0 radical (unpaired) electrons. The summed E-state index contributed by atoms with van der Waals surface area (Å²) in [5.41, 5.74) is 0.821. The van der Waals surface area contributed by atoms with Gasteiger partial charge in [-0.2, -0.15) is 0 Å². The topological polar surface area (TPSA) is 29.5 Å². The molecule has 1 aromatic rings. The molecule has 2 fully saturated rings. The molecule has 3 unspecified atom stereocenters. The van der Waals surface area contributed by atoms with Gasteiger partial charge in [0.1, 0.15) is 5.75 Å². The highest BCUT2D eigenvalue weighted by atomic mass is 79.9. The fourth-order valence-corrected chi connectivity index (χ4v) is 4.73. The van der Waals surface area contributed by atoms with Crippen molar-refractivity contribution in [3.63, 3.8) is 0 Å². The lowest BCUT2D eigenvalue weighted by Gasteiger charge is -2.17. The van der Waals surface area contributed by atoms with Gasteiger partial charge in [0.05, 0.1) is 17.7 Å². The molecule has 3 rings (SSSR count). The summed E-state index contributed by atoms with van der Waals surface area (Å²) in [5.74, 6) is 2.50. The number of hydrogen-bond donors (Lipinski definition) is 1. The van der Waals surface area contributed by atoms with Crippen LogP contribution in [0.3, 0.4) is 0 Å². The van der Waals surface area contributed by atoms with E-state index in [1.807, 2.05) is 6.07 Å². The first-order valence-electron chi connectivity index (χ1n) is 6.84. The summed E-state index contributed by atoms with van der Waals surface area (Å²) in [6, 6.07) is 3.64. The summed E-state index contributed by atoms with van der Waals surface area (Å²) >= 11 is 9.56. The second-order valence-corrected chi connectivity index (χ2v) is 6.94. The molecule has 0 heterocycles. The van der Waals surface area contributed by atoms with Crippen molar-refractivity contribution < 1.29 is 9.84 Å². The molecule has 2 aliphatic carbocycles. The minimum Gasteiger partial charge on any atom is -0.495 e. The standard InChI is InChI=1S/C15H18BrClO2/c1-19-15-11(6-8(17)7-12(15)16)14(18)13-9-4-2-3-5-10(9)13/h6-7,9-10,13-14,18H,2-5H2,1H3. The highest BCUT2D eigenvalue weighted by Crippen LogP contribution is 2.61. The van der Waals surface area contributed by atoms with Crippen molar-refractivity contribution in [2.75, 3.05) is 7.11 Å². The molecule has 1 aromatic carbocycles. The van der Waals surface area contributed by atoms with Crippen LogP contribution < -0.4 is 4.74 Å². The minimum absolute atomic E-state index is 0.391. The molecule has 0 bridgehead atoms. The quantitative estimate of drug-likeness (QED) is 0.869. The number of aliphatic hydroxyl groups is 1. The molecule has 2 aliphatic rings. The first-order chi connectivity index (χ1) is 9.13. The SMILES string of the molecule is COc1c(Br)cc(Cl)cc1C(O)C1C2CCCCC21. The molecule has 3 atom stereocenters. The molecule has 0 saturated heterocycles. The third kappa shape index (κ3) is 2.41. The van der Waals surface area contributed by atoms with Crippen LogP contribution >= 0.6 is 27.5 Å². The Balaban J connectivity index is 1.89. The Morgan fingerprint density at radius 2 is 1.95 bits per heavy atom. The maximum absolute atomic E-state index is 10.7. The molecule has 19 heavy (non-hydrogen) atoms. The maximum atomic E-state index is 10.7. The van der Waals surface area contributed by atoms with E-state index < -0.39 is 6.10 Å². The molecule has 104 valence electrons. The van der Waals surface area contributed by atoms with Crippen molar-refractivity contribution in [1.82, 2.24) is 0 Å². The van der Waals surface area contributed by atoms with Crippen LogP contribution in [0, 0.1) is 17.8 Å². The number of aliphatic hydroxyl groups excluding tert-OH is 1. The van der Waals surface area contributed by atoms with Crippen LogP contribution in [0.2, 0.25) is 5.02 Å². The molecule has 4 heteroatoms. The Bertz CT molecular complexity index is 479. The average Bonchev–Trinajstić information content (AvgIpc) is 3.11. The third-order valence-electron chi connectivity index (χ3n) is 4.65. The van der Waals surface area contributed by atoms with Crippen LogP contribution in [-0.2, 0) is 0 Å². The largest absolute Gasteiger partial charge is 0.495 e. The Morgan fingerprint density at radius 3 is 2.53 bits per heavy atom. The van der Waals surface area contributed by atoms with Crippen LogP contribution in [0.25, 0.3) is 0 Å². The lowest BCUT2D eigenvalue weighted by molar-refractivity contribution is 0.138. The number of fused-ring (bicyclic) bond motifs is 1. The van der Waals surface area contributed by atoms with E-state index in [-0.39, 0.29) is 0 Å². The Morgan fingerprint density at radius 1 is 1.32 bits per heavy atom. The van der Waals surface area contributed by atoms with E-state index in [0.29, 0.717) is 28.5 Å². The highest BCUT2D eigenvalue weighted by molar-refractivity contribution is 9.10. The molecular weight excluding hydrogens is 328 g/mol. The monoisotopic (exact) mass is 344 g/mol. The van der Waals surface area contributed by atoms with Crippen molar-refractivity contribution in [2.24, 2.45) is 17.8 Å². The molecular formula is C15H18BrClO2. The summed E-state index contributed by atoms with van der Waals surface area (Å²) in [6.45, 7) is 0. The number of rotatable bonds is 3. The molecule has 2 saturated carbocycles. The fourth-order valence-electron chi connectivity index (χ4n) is 3.74. The van der Waals surface area contributed by atoms with Crippen molar-refractivity contribution >= 4 is 27.5 Å². The van der Waals surface area contributed by atoms with Crippen LogP contribution in [0.1, 0.15) is 37.4 Å². The minimum atomic E-state index is -0.460. The zero-order chi connectivity index (χ0) is 13.6. The van der Waals surface area contributed by atoms with Crippen LogP contribution in [0.4, 0.5) is 0 Å². The number of methoxy groups -OCH3 is 1. The summed E-state index contributed by atoms with van der Waals surface area (Å²) in [7, 11) is 1.63. The van der Waals surface area contributed by atoms with Crippen molar-refractivity contribution in [1.29, 1.82) is 0 Å². The van der Waals surface area contributed by atoms with E-state index in [1.54, 1.807) is 13.2 Å². The Labute approximate surface area is 127 Å². The number of halogens is 2. The highest BCUT2D eigenvalue weighted by Gasteiger charge is 2.54. The van der Waals surface area contributed by atoms with Gasteiger partial charge in [0.15, 0.2) is 0 Å². The molecule has 0 amide bonds. The lowest BCUT2D eigenvalue weighted by Crippen LogP contribution is -2.05. The average molecular weight is 346 g/mol. The van der Waals surface area contributed by atoms with E-state index in [2.05, 4.69) is 15.9 Å². The van der Waals surface area contributed by atoms with Crippen molar-refractivity contribution in [3.05, 3.63) is 27.2 Å². The van der Waals surface area contributed by atoms with Gasteiger partial charge < -0.3 is 9.84 Å².